The van der Waals surface area contributed by atoms with Crippen LogP contribution in [0.5, 0.6) is 0 Å². The predicted molar refractivity (Wildman–Crippen MR) is 75.0 cm³/mol. The number of carbonyl (C=O) groups excluding carboxylic acids is 1. The maximum absolute atomic E-state index is 11.2. The minimum atomic E-state index is -2.13. The van der Waals surface area contributed by atoms with Gasteiger partial charge in [-0.25, -0.2) is 0 Å². The van der Waals surface area contributed by atoms with Gasteiger partial charge in [-0.1, -0.05) is 0 Å². The molecule has 0 radical (unpaired) electrons. The minimum absolute atomic E-state index is 0.320. The van der Waals surface area contributed by atoms with Crippen LogP contribution in [0.4, 0.5) is 0 Å². The van der Waals surface area contributed by atoms with Crippen LogP contribution in [-0.2, 0) is 9.53 Å². The van der Waals surface area contributed by atoms with Crippen molar-refractivity contribution < 1.29 is 9.53 Å². The molecule has 0 heterocycles. The molecule has 0 saturated heterocycles. The van der Waals surface area contributed by atoms with E-state index in [9.17, 15) is 4.79 Å². The van der Waals surface area contributed by atoms with Crippen molar-refractivity contribution in [1.82, 2.24) is 0 Å². The molecule has 0 unspecified atom stereocenters. The molecule has 0 aliphatic heterocycles. The summed E-state index contributed by atoms with van der Waals surface area (Å²) in [4.78, 5) is 11.2. The fourth-order valence-corrected chi connectivity index (χ4v) is 4.04. The standard InChI is InChI=1S/C12H24ClO2P/c1-6-7-9-16(4,5,13)10-8-15-12(14)11(2)3/h2,6-10H2,1,3-5H3. The van der Waals surface area contributed by atoms with Gasteiger partial charge in [0, 0.05) is 0 Å². The van der Waals surface area contributed by atoms with Gasteiger partial charge in [-0.3, -0.25) is 0 Å². The molecule has 2 nitrogen and oxygen atoms in total. The Morgan fingerprint density at radius 2 is 1.94 bits per heavy atom. The van der Waals surface area contributed by atoms with Gasteiger partial charge in [0.15, 0.2) is 0 Å². The van der Waals surface area contributed by atoms with E-state index >= 15 is 0 Å². The van der Waals surface area contributed by atoms with E-state index in [4.69, 9.17) is 16.0 Å². The first-order valence-electron chi connectivity index (χ1n) is 5.70. The molecule has 96 valence electrons. The van der Waals surface area contributed by atoms with Crippen LogP contribution in [0.3, 0.4) is 0 Å². The van der Waals surface area contributed by atoms with E-state index in [2.05, 4.69) is 26.8 Å². The van der Waals surface area contributed by atoms with E-state index in [0.29, 0.717) is 12.2 Å². The van der Waals surface area contributed by atoms with Crippen molar-refractivity contribution in [2.24, 2.45) is 0 Å². The zero-order chi connectivity index (χ0) is 12.8. The van der Waals surface area contributed by atoms with Crippen LogP contribution < -0.4 is 0 Å². The normalized spacial score (nSPS) is 13.9. The molecular formula is C12H24ClO2P. The summed E-state index contributed by atoms with van der Waals surface area (Å²) in [6.07, 6.45) is 4.13. The van der Waals surface area contributed by atoms with Crippen LogP contribution in [0.2, 0.25) is 0 Å². The van der Waals surface area contributed by atoms with Crippen molar-refractivity contribution in [3.63, 3.8) is 0 Å². The first-order valence-corrected chi connectivity index (χ1v) is 10.1. The van der Waals surface area contributed by atoms with E-state index in [1.807, 2.05) is 0 Å². The van der Waals surface area contributed by atoms with Gasteiger partial charge < -0.3 is 0 Å². The SMILES string of the molecule is C=C(C)C(=O)OCCP(C)(C)(Cl)CCCC. The molecule has 0 spiro atoms. The zero-order valence-electron chi connectivity index (χ0n) is 10.9. The second-order valence-electron chi connectivity index (χ2n) is 5.23. The fraction of sp³-hybridized carbons (Fsp3) is 0.750. The zero-order valence-corrected chi connectivity index (χ0v) is 12.5. The molecule has 4 heteroatoms. The number of carbonyl (C=O) groups is 1. The molecular weight excluding hydrogens is 243 g/mol. The number of hydrogen-bond donors (Lipinski definition) is 0. The van der Waals surface area contributed by atoms with Crippen molar-refractivity contribution in [3.05, 3.63) is 12.2 Å². The average molecular weight is 267 g/mol. The number of unbranched alkanes of at least 4 members (excludes halogenated alkanes) is 1. The van der Waals surface area contributed by atoms with Crippen LogP contribution in [0.15, 0.2) is 12.2 Å². The molecule has 0 amide bonds. The summed E-state index contributed by atoms with van der Waals surface area (Å²) in [5.74, 6) is -2.45. The van der Waals surface area contributed by atoms with Crippen molar-refractivity contribution >= 4 is 23.2 Å². The maximum atomic E-state index is 11.2. The Morgan fingerprint density at radius 3 is 2.38 bits per heavy atom. The van der Waals surface area contributed by atoms with E-state index in [0.717, 1.165) is 25.2 Å². The average Bonchev–Trinajstić information content (AvgIpc) is 2.13. The van der Waals surface area contributed by atoms with Gasteiger partial charge in [-0.15, -0.1) is 0 Å². The first-order chi connectivity index (χ1) is 7.15. The summed E-state index contributed by atoms with van der Waals surface area (Å²) in [5.41, 5.74) is 0.440. The second-order valence-corrected chi connectivity index (χ2v) is 14.6. The third-order valence-corrected chi connectivity index (χ3v) is 6.84. The molecule has 0 N–H and O–H groups in total. The summed E-state index contributed by atoms with van der Waals surface area (Å²) < 4.78 is 5.09. The predicted octanol–water partition coefficient (Wildman–Crippen LogP) is 3.87. The van der Waals surface area contributed by atoms with Gasteiger partial charge >= 0.3 is 104 Å². The van der Waals surface area contributed by atoms with Crippen molar-refractivity contribution in [2.45, 2.75) is 26.7 Å². The van der Waals surface area contributed by atoms with Crippen LogP contribution >= 0.6 is 17.2 Å². The van der Waals surface area contributed by atoms with Crippen molar-refractivity contribution in [1.29, 1.82) is 0 Å². The number of esters is 1. The summed E-state index contributed by atoms with van der Waals surface area (Å²) in [6, 6.07) is 0. The first kappa shape index (κ1) is 15.9. The summed E-state index contributed by atoms with van der Waals surface area (Å²) >= 11 is 6.65. The molecule has 0 aromatic heterocycles. The van der Waals surface area contributed by atoms with Crippen LogP contribution in [0.25, 0.3) is 0 Å². The molecule has 0 bridgehead atoms. The van der Waals surface area contributed by atoms with E-state index in [-0.39, 0.29) is 5.97 Å². The third kappa shape index (κ3) is 7.24. The van der Waals surface area contributed by atoms with E-state index in [1.54, 1.807) is 6.92 Å². The Kier molecular flexibility index (Phi) is 6.00. The number of rotatable bonds is 7. The Balaban J connectivity index is 4.07. The third-order valence-electron chi connectivity index (χ3n) is 2.56. The Morgan fingerprint density at radius 1 is 1.38 bits per heavy atom. The molecule has 0 fully saturated rings. The van der Waals surface area contributed by atoms with Crippen molar-refractivity contribution in [3.8, 4) is 0 Å². The quantitative estimate of drug-likeness (QED) is 0.397. The monoisotopic (exact) mass is 266 g/mol. The topological polar surface area (TPSA) is 26.3 Å². The van der Waals surface area contributed by atoms with Crippen LogP contribution in [-0.4, -0.2) is 38.2 Å². The molecule has 0 aliphatic carbocycles. The molecule has 0 atom stereocenters. The molecule has 0 rings (SSSR count). The van der Waals surface area contributed by atoms with Gasteiger partial charge in [0.1, 0.15) is 0 Å². The van der Waals surface area contributed by atoms with Crippen molar-refractivity contribution in [2.75, 3.05) is 32.3 Å². The van der Waals surface area contributed by atoms with Crippen LogP contribution in [0.1, 0.15) is 26.7 Å². The Hall–Kier alpha value is -0.0700. The van der Waals surface area contributed by atoms with E-state index in [1.165, 1.54) is 0 Å². The Labute approximate surface area is 104 Å². The number of ether oxygens (including phenoxy) is 1. The second kappa shape index (κ2) is 6.02. The Bertz CT molecular complexity index is 266. The number of halogens is 1. The molecule has 0 aromatic rings. The van der Waals surface area contributed by atoms with Crippen LogP contribution in [0, 0.1) is 0 Å². The summed E-state index contributed by atoms with van der Waals surface area (Å²) in [6.45, 7) is 12.0. The molecule has 0 aliphatic rings. The summed E-state index contributed by atoms with van der Waals surface area (Å²) in [5, 5.41) is 0. The fourth-order valence-electron chi connectivity index (χ4n) is 1.30. The molecule has 16 heavy (non-hydrogen) atoms. The van der Waals surface area contributed by atoms with E-state index < -0.39 is 5.96 Å². The molecule has 0 saturated carbocycles. The summed E-state index contributed by atoms with van der Waals surface area (Å²) in [7, 11) is 0. The van der Waals surface area contributed by atoms with Gasteiger partial charge in [0.2, 0.25) is 0 Å². The van der Waals surface area contributed by atoms with Gasteiger partial charge in [-0.2, -0.15) is 0 Å². The molecule has 0 aromatic carbocycles. The van der Waals surface area contributed by atoms with Gasteiger partial charge in [-0.05, 0) is 0 Å². The van der Waals surface area contributed by atoms with Gasteiger partial charge in [0.25, 0.3) is 0 Å². The van der Waals surface area contributed by atoms with Gasteiger partial charge in [0.05, 0.1) is 0 Å². The number of hydrogen-bond acceptors (Lipinski definition) is 2.